The van der Waals surface area contributed by atoms with Crippen molar-refractivity contribution in [2.45, 2.75) is 12.5 Å². The quantitative estimate of drug-likeness (QED) is 0.335. The summed E-state index contributed by atoms with van der Waals surface area (Å²) in [5.41, 5.74) is 1.06. The first-order valence-corrected chi connectivity index (χ1v) is 11.0. The van der Waals surface area contributed by atoms with Crippen molar-refractivity contribution in [2.75, 3.05) is 41.4 Å². The number of aliphatic hydroxyl groups excluding tert-OH is 1. The molecule has 2 aromatic carbocycles. The molecule has 2 aromatic rings. The van der Waals surface area contributed by atoms with E-state index < -0.39 is 17.7 Å². The molecule has 1 fully saturated rings. The first kappa shape index (κ1) is 23.8. The van der Waals surface area contributed by atoms with E-state index in [-0.39, 0.29) is 11.3 Å². The van der Waals surface area contributed by atoms with Crippen molar-refractivity contribution in [3.05, 3.63) is 63.6 Å². The number of carbonyl (C=O) groups is 2. The molecule has 1 aliphatic rings. The Labute approximate surface area is 196 Å². The van der Waals surface area contributed by atoms with E-state index in [0.29, 0.717) is 35.6 Å². The fourth-order valence-corrected chi connectivity index (χ4v) is 4.15. The van der Waals surface area contributed by atoms with Crippen LogP contribution in [0.25, 0.3) is 5.76 Å². The second-order valence-corrected chi connectivity index (χ2v) is 8.65. The number of rotatable bonds is 8. The van der Waals surface area contributed by atoms with Crippen LogP contribution in [-0.4, -0.2) is 68.0 Å². The van der Waals surface area contributed by atoms with Gasteiger partial charge in [-0.3, -0.25) is 9.59 Å². The Morgan fingerprint density at radius 3 is 2.38 bits per heavy atom. The molecule has 0 radical (unpaired) electrons. The third-order valence-corrected chi connectivity index (χ3v) is 5.92. The average Bonchev–Trinajstić information content (AvgIpc) is 3.03. The van der Waals surface area contributed by atoms with Crippen LogP contribution in [0.5, 0.6) is 11.5 Å². The lowest BCUT2D eigenvalue weighted by Crippen LogP contribution is -2.32. The summed E-state index contributed by atoms with van der Waals surface area (Å²) in [4.78, 5) is 29.7. The van der Waals surface area contributed by atoms with Gasteiger partial charge in [-0.15, -0.1) is 0 Å². The molecule has 1 amide bonds. The molecule has 0 spiro atoms. The van der Waals surface area contributed by atoms with Gasteiger partial charge in [-0.05, 0) is 45.3 Å². The van der Waals surface area contributed by atoms with Gasteiger partial charge in [-0.2, -0.15) is 0 Å². The van der Waals surface area contributed by atoms with E-state index >= 15 is 0 Å². The number of likely N-dealkylation sites (tertiary alicyclic amines) is 1. The van der Waals surface area contributed by atoms with Gasteiger partial charge in [-0.1, -0.05) is 40.2 Å². The van der Waals surface area contributed by atoms with Crippen LogP contribution in [0.4, 0.5) is 0 Å². The average molecular weight is 503 g/mol. The van der Waals surface area contributed by atoms with E-state index in [1.54, 1.807) is 42.5 Å². The zero-order valence-corrected chi connectivity index (χ0v) is 20.2. The second-order valence-electron chi connectivity index (χ2n) is 7.74. The Morgan fingerprint density at radius 1 is 1.09 bits per heavy atom. The largest absolute Gasteiger partial charge is 0.507 e. The number of hydrogen-bond acceptors (Lipinski definition) is 6. The summed E-state index contributed by atoms with van der Waals surface area (Å²) < 4.78 is 11.9. The number of amides is 1. The molecular formula is C24H27BrN2O5. The van der Waals surface area contributed by atoms with Gasteiger partial charge in [0.25, 0.3) is 11.7 Å². The highest BCUT2D eigenvalue weighted by atomic mass is 79.9. The van der Waals surface area contributed by atoms with Gasteiger partial charge in [0.15, 0.2) is 11.5 Å². The van der Waals surface area contributed by atoms with Crippen LogP contribution in [0.15, 0.2) is 52.5 Å². The molecule has 8 heteroatoms. The van der Waals surface area contributed by atoms with Gasteiger partial charge in [0.05, 0.1) is 25.8 Å². The monoisotopic (exact) mass is 502 g/mol. The number of methoxy groups -OCH3 is 2. The fraction of sp³-hybridized carbons (Fsp3) is 0.333. The van der Waals surface area contributed by atoms with Crippen LogP contribution < -0.4 is 9.47 Å². The van der Waals surface area contributed by atoms with E-state index in [9.17, 15) is 14.7 Å². The van der Waals surface area contributed by atoms with E-state index in [2.05, 4.69) is 15.9 Å². The molecule has 0 aliphatic carbocycles. The standard InChI is InChI=1S/C24H27BrN2O5/c1-26(2)13-6-14-27-20(17-7-5-8-18(31-3)23(17)32-4)19(22(29)24(27)30)21(28)15-9-11-16(25)12-10-15/h5,7-12,20,28H,6,13-14H2,1-4H3/b21-19+. The van der Waals surface area contributed by atoms with Crippen molar-refractivity contribution in [2.24, 2.45) is 0 Å². The molecule has 32 heavy (non-hydrogen) atoms. The summed E-state index contributed by atoms with van der Waals surface area (Å²) in [6, 6.07) is 11.4. The van der Waals surface area contributed by atoms with E-state index in [1.165, 1.54) is 19.1 Å². The van der Waals surface area contributed by atoms with E-state index in [1.807, 2.05) is 19.0 Å². The molecule has 0 bridgehead atoms. The minimum absolute atomic E-state index is 0.0359. The Hall–Kier alpha value is -2.84. The highest BCUT2D eigenvalue weighted by Crippen LogP contribution is 2.45. The molecule has 1 aliphatic heterocycles. The Kier molecular flexibility index (Phi) is 7.58. The van der Waals surface area contributed by atoms with Gasteiger partial charge in [0, 0.05) is 22.1 Å². The lowest BCUT2D eigenvalue weighted by molar-refractivity contribution is -0.140. The smallest absolute Gasteiger partial charge is 0.295 e. The van der Waals surface area contributed by atoms with Crippen molar-refractivity contribution < 1.29 is 24.2 Å². The third-order valence-electron chi connectivity index (χ3n) is 5.39. The fourth-order valence-electron chi connectivity index (χ4n) is 3.88. The summed E-state index contributed by atoms with van der Waals surface area (Å²) in [6.07, 6.45) is 0.668. The molecule has 3 rings (SSSR count). The first-order valence-electron chi connectivity index (χ1n) is 10.2. The normalized spacial score (nSPS) is 17.8. The molecular weight excluding hydrogens is 476 g/mol. The number of Topliss-reactive ketones (excluding diaryl/α,β-unsaturated/α-hetero) is 1. The molecule has 1 heterocycles. The number of hydrogen-bond donors (Lipinski definition) is 1. The summed E-state index contributed by atoms with van der Waals surface area (Å²) in [5, 5.41) is 11.1. The summed E-state index contributed by atoms with van der Waals surface area (Å²) >= 11 is 3.37. The maximum atomic E-state index is 13.1. The lowest BCUT2D eigenvalue weighted by atomic mass is 9.94. The predicted molar refractivity (Wildman–Crippen MR) is 126 cm³/mol. The Bertz CT molecular complexity index is 1030. The summed E-state index contributed by atoms with van der Waals surface area (Å²) in [7, 11) is 6.93. The molecule has 1 saturated heterocycles. The van der Waals surface area contributed by atoms with Gasteiger partial charge in [0.1, 0.15) is 5.76 Å². The number of carbonyl (C=O) groups excluding carboxylic acids is 2. The van der Waals surface area contributed by atoms with Crippen LogP contribution in [0.1, 0.15) is 23.6 Å². The molecule has 170 valence electrons. The Balaban J connectivity index is 2.19. The van der Waals surface area contributed by atoms with Crippen LogP contribution in [0.2, 0.25) is 0 Å². The van der Waals surface area contributed by atoms with E-state index in [4.69, 9.17) is 9.47 Å². The van der Waals surface area contributed by atoms with Crippen molar-refractivity contribution in [3.63, 3.8) is 0 Å². The number of halogens is 1. The summed E-state index contributed by atoms with van der Waals surface area (Å²) in [6.45, 7) is 1.10. The van der Waals surface area contributed by atoms with Gasteiger partial charge in [-0.25, -0.2) is 0 Å². The predicted octanol–water partition coefficient (Wildman–Crippen LogP) is 3.84. The van der Waals surface area contributed by atoms with Crippen LogP contribution in [-0.2, 0) is 9.59 Å². The van der Waals surface area contributed by atoms with Crippen molar-refractivity contribution >= 4 is 33.4 Å². The first-order chi connectivity index (χ1) is 15.3. The molecule has 1 N–H and O–H groups in total. The van der Waals surface area contributed by atoms with Crippen LogP contribution in [0.3, 0.4) is 0 Å². The number of para-hydroxylation sites is 1. The van der Waals surface area contributed by atoms with Crippen molar-refractivity contribution in [1.29, 1.82) is 0 Å². The number of benzene rings is 2. The number of ketones is 1. The number of nitrogens with zero attached hydrogens (tertiary/aromatic N) is 2. The zero-order valence-electron chi connectivity index (χ0n) is 18.6. The van der Waals surface area contributed by atoms with Gasteiger partial charge >= 0.3 is 0 Å². The second kappa shape index (κ2) is 10.2. The maximum absolute atomic E-state index is 13.1. The summed E-state index contributed by atoms with van der Waals surface area (Å²) in [5.74, 6) is -0.683. The lowest BCUT2D eigenvalue weighted by Gasteiger charge is -2.27. The topological polar surface area (TPSA) is 79.3 Å². The van der Waals surface area contributed by atoms with Crippen molar-refractivity contribution in [1.82, 2.24) is 9.80 Å². The molecule has 1 atom stereocenters. The Morgan fingerprint density at radius 2 is 1.78 bits per heavy atom. The number of ether oxygens (including phenoxy) is 2. The van der Waals surface area contributed by atoms with Crippen molar-refractivity contribution in [3.8, 4) is 11.5 Å². The highest BCUT2D eigenvalue weighted by Gasteiger charge is 2.47. The minimum atomic E-state index is -0.800. The maximum Gasteiger partial charge on any atom is 0.295 e. The molecule has 7 nitrogen and oxygen atoms in total. The number of aliphatic hydroxyl groups is 1. The van der Waals surface area contributed by atoms with E-state index in [0.717, 1.165) is 11.0 Å². The third kappa shape index (κ3) is 4.66. The molecule has 0 aromatic heterocycles. The van der Waals surface area contributed by atoms with Gasteiger partial charge < -0.3 is 24.4 Å². The van der Waals surface area contributed by atoms with Gasteiger partial charge in [0.2, 0.25) is 0 Å². The minimum Gasteiger partial charge on any atom is -0.507 e. The van der Waals surface area contributed by atoms with Crippen LogP contribution in [0, 0.1) is 0 Å². The SMILES string of the molecule is COc1cccc(C2/C(=C(\O)c3ccc(Br)cc3)C(=O)C(=O)N2CCCN(C)C)c1OC. The van der Waals surface area contributed by atoms with Crippen LogP contribution >= 0.6 is 15.9 Å². The molecule has 0 saturated carbocycles. The highest BCUT2D eigenvalue weighted by molar-refractivity contribution is 9.10. The molecule has 1 unspecified atom stereocenters. The zero-order chi connectivity index (χ0) is 23.4.